The van der Waals surface area contributed by atoms with Crippen molar-refractivity contribution in [2.75, 3.05) is 0 Å². The van der Waals surface area contributed by atoms with Crippen LogP contribution in [0.15, 0.2) is 30.3 Å². The van der Waals surface area contributed by atoms with E-state index in [1.54, 1.807) is 6.07 Å². The molecule has 7 heteroatoms. The highest BCUT2D eigenvalue weighted by Crippen LogP contribution is 2.29. The van der Waals surface area contributed by atoms with Crippen LogP contribution in [0.2, 0.25) is 5.02 Å². The maximum absolute atomic E-state index is 11.0. The summed E-state index contributed by atoms with van der Waals surface area (Å²) in [5, 5.41) is 18.8. The molecule has 0 spiro atoms. The molecule has 2 N–H and O–H groups in total. The van der Waals surface area contributed by atoms with Crippen LogP contribution in [-0.2, 0) is 0 Å². The van der Waals surface area contributed by atoms with E-state index in [4.69, 9.17) is 21.8 Å². The molecule has 0 amide bonds. The lowest BCUT2D eigenvalue weighted by molar-refractivity contribution is 0.0688. The van der Waals surface area contributed by atoms with E-state index < -0.39 is 11.9 Å². The lowest BCUT2D eigenvalue weighted by Gasteiger charge is -2.06. The number of hydrogen-bond donors (Lipinski definition) is 2. The van der Waals surface area contributed by atoms with Crippen LogP contribution >= 0.6 is 36.4 Å². The molecule has 2 aromatic rings. The highest BCUT2D eigenvalue weighted by atomic mass is 35.5. The van der Waals surface area contributed by atoms with E-state index in [0.29, 0.717) is 10.8 Å². The summed E-state index contributed by atoms with van der Waals surface area (Å²) < 4.78 is 0. The van der Waals surface area contributed by atoms with Gasteiger partial charge < -0.3 is 10.2 Å². The van der Waals surface area contributed by atoms with Crippen LogP contribution < -0.4 is 0 Å². The zero-order valence-electron chi connectivity index (χ0n) is 9.29. The van der Waals surface area contributed by atoms with Crippen molar-refractivity contribution in [2.45, 2.75) is 0 Å². The number of fused-ring (bicyclic) bond motifs is 1. The number of hydrogen-bond acceptors (Lipinski definition) is 2. The maximum Gasteiger partial charge on any atom is 0.337 e. The molecule has 0 saturated carbocycles. The van der Waals surface area contributed by atoms with Crippen LogP contribution in [0.1, 0.15) is 20.7 Å². The summed E-state index contributed by atoms with van der Waals surface area (Å²) in [4.78, 5) is 21.9. The van der Waals surface area contributed by atoms with Gasteiger partial charge in [0.2, 0.25) is 0 Å². The van der Waals surface area contributed by atoms with E-state index >= 15 is 0 Å². The molecule has 102 valence electrons. The smallest absolute Gasteiger partial charge is 0.337 e. The van der Waals surface area contributed by atoms with Crippen molar-refractivity contribution < 1.29 is 19.8 Å². The molecule has 19 heavy (non-hydrogen) atoms. The summed E-state index contributed by atoms with van der Waals surface area (Å²) in [6.45, 7) is 0. The van der Waals surface area contributed by atoms with Crippen molar-refractivity contribution in [2.24, 2.45) is 0 Å². The average Bonchev–Trinajstić information content (AvgIpc) is 2.28. The normalized spacial score (nSPS) is 9.32. The first-order valence-electron chi connectivity index (χ1n) is 4.70. The number of halogens is 3. The van der Waals surface area contributed by atoms with Gasteiger partial charge in [-0.1, -0.05) is 29.8 Å². The van der Waals surface area contributed by atoms with Gasteiger partial charge in [0, 0.05) is 5.39 Å². The maximum atomic E-state index is 11.0. The minimum Gasteiger partial charge on any atom is -0.478 e. The summed E-state index contributed by atoms with van der Waals surface area (Å²) in [6, 6.07) is 7.33. The number of rotatable bonds is 2. The van der Waals surface area contributed by atoms with Crippen LogP contribution in [0.3, 0.4) is 0 Å². The van der Waals surface area contributed by atoms with Crippen molar-refractivity contribution >= 4 is 59.1 Å². The number of aromatic carboxylic acids is 2. The minimum absolute atomic E-state index is 0. The minimum atomic E-state index is -1.14. The Balaban J connectivity index is 0.00000162. The van der Waals surface area contributed by atoms with Gasteiger partial charge in [-0.25, -0.2) is 9.59 Å². The molecule has 4 nitrogen and oxygen atoms in total. The van der Waals surface area contributed by atoms with Gasteiger partial charge in [0.1, 0.15) is 0 Å². The molecular formula is C12H9Cl3O4. The first-order valence-corrected chi connectivity index (χ1v) is 5.08. The van der Waals surface area contributed by atoms with Crippen molar-refractivity contribution in [1.82, 2.24) is 0 Å². The molecular weight excluding hydrogens is 314 g/mol. The average molecular weight is 324 g/mol. The van der Waals surface area contributed by atoms with E-state index in [2.05, 4.69) is 0 Å². The zero-order chi connectivity index (χ0) is 12.6. The monoisotopic (exact) mass is 322 g/mol. The molecule has 0 fully saturated rings. The molecule has 0 bridgehead atoms. The Morgan fingerprint density at radius 1 is 0.842 bits per heavy atom. The van der Waals surface area contributed by atoms with E-state index in [9.17, 15) is 9.59 Å². The van der Waals surface area contributed by atoms with Gasteiger partial charge in [-0.3, -0.25) is 0 Å². The molecule has 0 atom stereocenters. The molecule has 0 radical (unpaired) electrons. The third kappa shape index (κ3) is 3.10. The third-order valence-corrected chi connectivity index (χ3v) is 2.86. The van der Waals surface area contributed by atoms with Crippen LogP contribution in [0, 0.1) is 0 Å². The number of carboxylic acids is 2. The van der Waals surface area contributed by atoms with E-state index in [1.807, 2.05) is 0 Å². The van der Waals surface area contributed by atoms with Crippen LogP contribution in [-0.4, -0.2) is 22.2 Å². The number of benzene rings is 2. The van der Waals surface area contributed by atoms with Crippen molar-refractivity contribution in [3.63, 3.8) is 0 Å². The van der Waals surface area contributed by atoms with E-state index in [-0.39, 0.29) is 41.0 Å². The highest BCUT2D eigenvalue weighted by Gasteiger charge is 2.15. The Hall–Kier alpha value is -1.49. The van der Waals surface area contributed by atoms with Gasteiger partial charge in [-0.05, 0) is 17.5 Å². The Labute approximate surface area is 125 Å². The zero-order valence-corrected chi connectivity index (χ0v) is 11.7. The Morgan fingerprint density at radius 2 is 1.42 bits per heavy atom. The lowest BCUT2D eigenvalue weighted by Crippen LogP contribution is -2.01. The molecule has 2 rings (SSSR count). The molecule has 0 heterocycles. The Kier molecular flexibility index (Phi) is 6.09. The van der Waals surface area contributed by atoms with Crippen molar-refractivity contribution in [3.05, 3.63) is 46.5 Å². The number of carbonyl (C=O) groups is 2. The summed E-state index contributed by atoms with van der Waals surface area (Å²) in [7, 11) is 0. The van der Waals surface area contributed by atoms with E-state index in [1.165, 1.54) is 24.3 Å². The van der Waals surface area contributed by atoms with Gasteiger partial charge in [0.05, 0.1) is 16.1 Å². The summed E-state index contributed by atoms with van der Waals surface area (Å²) in [5.41, 5.74) is 0.0584. The molecule has 0 aliphatic rings. The predicted molar refractivity (Wildman–Crippen MR) is 77.4 cm³/mol. The quantitative estimate of drug-likeness (QED) is 0.883. The predicted octanol–water partition coefficient (Wildman–Crippen LogP) is 3.73. The van der Waals surface area contributed by atoms with Gasteiger partial charge in [0.25, 0.3) is 0 Å². The second kappa shape index (κ2) is 6.61. The highest BCUT2D eigenvalue weighted by molar-refractivity contribution is 6.38. The summed E-state index contributed by atoms with van der Waals surface area (Å²) in [6.07, 6.45) is 0. The Morgan fingerprint density at radius 3 is 1.95 bits per heavy atom. The fourth-order valence-electron chi connectivity index (χ4n) is 1.67. The SMILES string of the molecule is Cl.Cl.O=C(O)c1ccc2c(C(=O)O)cccc2c1Cl. The second-order valence-electron chi connectivity index (χ2n) is 3.44. The summed E-state index contributed by atoms with van der Waals surface area (Å²) >= 11 is 5.94. The van der Waals surface area contributed by atoms with Crippen LogP contribution in [0.4, 0.5) is 0 Å². The first kappa shape index (κ1) is 17.5. The fourth-order valence-corrected chi connectivity index (χ4v) is 1.98. The van der Waals surface area contributed by atoms with Gasteiger partial charge >= 0.3 is 11.9 Å². The second-order valence-corrected chi connectivity index (χ2v) is 3.82. The molecule has 0 unspecified atom stereocenters. The van der Waals surface area contributed by atoms with Gasteiger partial charge in [-0.15, -0.1) is 24.8 Å². The van der Waals surface area contributed by atoms with E-state index in [0.717, 1.165) is 0 Å². The van der Waals surface area contributed by atoms with Gasteiger partial charge in [0.15, 0.2) is 0 Å². The Bertz CT molecular complexity index is 640. The molecule has 0 aliphatic carbocycles. The van der Waals surface area contributed by atoms with Gasteiger partial charge in [-0.2, -0.15) is 0 Å². The molecule has 0 aromatic heterocycles. The molecule has 0 saturated heterocycles. The largest absolute Gasteiger partial charge is 0.478 e. The molecule has 0 aliphatic heterocycles. The molecule has 2 aromatic carbocycles. The first-order chi connectivity index (χ1) is 8.02. The fraction of sp³-hybridized carbons (Fsp3) is 0. The summed E-state index contributed by atoms with van der Waals surface area (Å²) in [5.74, 6) is -2.22. The topological polar surface area (TPSA) is 74.6 Å². The number of carboxylic acid groups (broad SMARTS) is 2. The standard InChI is InChI=1S/C12H7ClO4.2ClH/c13-10-7-2-1-3-8(11(14)15)6(7)4-5-9(10)12(16)17;;/h1-5H,(H,14,15)(H,16,17);2*1H. The van der Waals surface area contributed by atoms with Crippen molar-refractivity contribution in [1.29, 1.82) is 0 Å². The third-order valence-electron chi connectivity index (χ3n) is 2.46. The van der Waals surface area contributed by atoms with Crippen LogP contribution in [0.5, 0.6) is 0 Å². The van der Waals surface area contributed by atoms with Crippen molar-refractivity contribution in [3.8, 4) is 0 Å². The lowest BCUT2D eigenvalue weighted by atomic mass is 10.0. The van der Waals surface area contributed by atoms with Crippen LogP contribution in [0.25, 0.3) is 10.8 Å².